The summed E-state index contributed by atoms with van der Waals surface area (Å²) in [7, 11) is 0. The van der Waals surface area contributed by atoms with Crippen LogP contribution in [-0.4, -0.2) is 11.1 Å². The van der Waals surface area contributed by atoms with E-state index in [0.29, 0.717) is 18.4 Å². The van der Waals surface area contributed by atoms with Crippen LogP contribution in [-0.2, 0) is 12.8 Å². The Morgan fingerprint density at radius 3 is 2.44 bits per heavy atom. The largest absolute Gasteiger partial charge is 0.478 e. The fourth-order valence-electron chi connectivity index (χ4n) is 1.90. The number of rotatable bonds is 4. The minimum absolute atomic E-state index is 0.173. The maximum atomic E-state index is 13.1. The van der Waals surface area contributed by atoms with Gasteiger partial charge in [0.2, 0.25) is 0 Å². The number of carbonyl (C=O) groups is 1. The SMILES string of the molecule is O=C(O)c1ccc(F)cc1CCc1ccccc1. The van der Waals surface area contributed by atoms with Crippen molar-refractivity contribution < 1.29 is 14.3 Å². The average Bonchev–Trinajstić information content (AvgIpc) is 2.37. The van der Waals surface area contributed by atoms with Gasteiger partial charge in [0, 0.05) is 0 Å². The van der Waals surface area contributed by atoms with Crippen molar-refractivity contribution in [1.82, 2.24) is 0 Å². The molecule has 2 aromatic rings. The van der Waals surface area contributed by atoms with Crippen molar-refractivity contribution >= 4 is 5.97 Å². The molecule has 0 aliphatic rings. The maximum Gasteiger partial charge on any atom is 0.335 e. The van der Waals surface area contributed by atoms with Crippen LogP contribution in [0.1, 0.15) is 21.5 Å². The van der Waals surface area contributed by atoms with Crippen LogP contribution in [0.2, 0.25) is 0 Å². The van der Waals surface area contributed by atoms with Crippen LogP contribution in [0.4, 0.5) is 4.39 Å². The Labute approximate surface area is 105 Å². The second-order valence-electron chi connectivity index (χ2n) is 4.09. The van der Waals surface area contributed by atoms with Crippen molar-refractivity contribution in [1.29, 1.82) is 0 Å². The molecule has 0 aliphatic carbocycles. The molecule has 2 nitrogen and oxygen atoms in total. The van der Waals surface area contributed by atoms with Gasteiger partial charge in [0.05, 0.1) is 5.56 Å². The molecule has 0 bridgehead atoms. The van der Waals surface area contributed by atoms with E-state index < -0.39 is 11.8 Å². The molecule has 0 saturated heterocycles. The van der Waals surface area contributed by atoms with Crippen molar-refractivity contribution in [3.8, 4) is 0 Å². The van der Waals surface area contributed by atoms with E-state index in [1.165, 1.54) is 18.2 Å². The summed E-state index contributed by atoms with van der Waals surface area (Å²) in [5.41, 5.74) is 1.82. The van der Waals surface area contributed by atoms with Gasteiger partial charge in [-0.25, -0.2) is 9.18 Å². The van der Waals surface area contributed by atoms with Crippen LogP contribution >= 0.6 is 0 Å². The third-order valence-corrected chi connectivity index (χ3v) is 2.82. The first-order chi connectivity index (χ1) is 8.66. The van der Waals surface area contributed by atoms with E-state index in [9.17, 15) is 9.18 Å². The van der Waals surface area contributed by atoms with E-state index >= 15 is 0 Å². The van der Waals surface area contributed by atoms with Crippen LogP contribution in [0, 0.1) is 5.82 Å². The minimum Gasteiger partial charge on any atom is -0.478 e. The molecule has 0 unspecified atom stereocenters. The highest BCUT2D eigenvalue weighted by atomic mass is 19.1. The van der Waals surface area contributed by atoms with E-state index in [1.807, 2.05) is 30.3 Å². The van der Waals surface area contributed by atoms with Gasteiger partial charge in [0.25, 0.3) is 0 Å². The van der Waals surface area contributed by atoms with Crippen LogP contribution in [0.3, 0.4) is 0 Å². The summed E-state index contributed by atoms with van der Waals surface area (Å²) in [6, 6.07) is 13.5. The van der Waals surface area contributed by atoms with Crippen LogP contribution < -0.4 is 0 Å². The van der Waals surface area contributed by atoms with Gasteiger partial charge in [-0.1, -0.05) is 30.3 Å². The number of hydrogen-bond donors (Lipinski definition) is 1. The molecular formula is C15H13FO2. The molecule has 0 atom stereocenters. The number of aryl methyl sites for hydroxylation is 2. The number of aromatic carboxylic acids is 1. The number of carboxylic acids is 1. The zero-order valence-corrected chi connectivity index (χ0v) is 9.77. The van der Waals surface area contributed by atoms with Crippen LogP contribution in [0.5, 0.6) is 0 Å². The predicted molar refractivity (Wildman–Crippen MR) is 67.2 cm³/mol. The number of carboxylic acid groups (broad SMARTS) is 1. The summed E-state index contributed by atoms with van der Waals surface area (Å²) < 4.78 is 13.1. The van der Waals surface area contributed by atoms with Gasteiger partial charge in [-0.05, 0) is 42.2 Å². The summed E-state index contributed by atoms with van der Waals surface area (Å²) in [6.07, 6.45) is 1.22. The van der Waals surface area contributed by atoms with Crippen LogP contribution in [0.15, 0.2) is 48.5 Å². The highest BCUT2D eigenvalue weighted by molar-refractivity contribution is 5.89. The Balaban J connectivity index is 2.18. The van der Waals surface area contributed by atoms with Gasteiger partial charge in [-0.15, -0.1) is 0 Å². The molecule has 0 amide bonds. The first-order valence-electron chi connectivity index (χ1n) is 5.72. The molecule has 0 saturated carbocycles. The van der Waals surface area contributed by atoms with E-state index in [2.05, 4.69) is 0 Å². The van der Waals surface area contributed by atoms with Gasteiger partial charge in [-0.2, -0.15) is 0 Å². The number of halogens is 1. The van der Waals surface area contributed by atoms with Gasteiger partial charge < -0.3 is 5.11 Å². The molecule has 92 valence electrons. The molecule has 3 heteroatoms. The molecule has 0 aliphatic heterocycles. The zero-order valence-electron chi connectivity index (χ0n) is 9.77. The van der Waals surface area contributed by atoms with E-state index in [4.69, 9.17) is 5.11 Å². The molecular weight excluding hydrogens is 231 g/mol. The summed E-state index contributed by atoms with van der Waals surface area (Å²) in [5.74, 6) is -1.42. The first-order valence-corrected chi connectivity index (χ1v) is 5.72. The highest BCUT2D eigenvalue weighted by Crippen LogP contribution is 2.14. The van der Waals surface area contributed by atoms with Gasteiger partial charge in [0.15, 0.2) is 0 Å². The molecule has 0 radical (unpaired) electrons. The summed E-state index contributed by atoms with van der Waals surface area (Å²) >= 11 is 0. The second kappa shape index (κ2) is 5.45. The Kier molecular flexibility index (Phi) is 3.72. The van der Waals surface area contributed by atoms with Gasteiger partial charge in [-0.3, -0.25) is 0 Å². The fraction of sp³-hybridized carbons (Fsp3) is 0.133. The minimum atomic E-state index is -1.02. The lowest BCUT2D eigenvalue weighted by molar-refractivity contribution is 0.0695. The third kappa shape index (κ3) is 2.94. The Morgan fingerprint density at radius 2 is 1.78 bits per heavy atom. The van der Waals surface area contributed by atoms with E-state index in [-0.39, 0.29) is 5.56 Å². The topological polar surface area (TPSA) is 37.3 Å². The molecule has 0 spiro atoms. The Hall–Kier alpha value is -2.16. The summed E-state index contributed by atoms with van der Waals surface area (Å²) in [4.78, 5) is 11.0. The molecule has 0 fully saturated rings. The lowest BCUT2D eigenvalue weighted by Crippen LogP contribution is -2.04. The number of hydrogen-bond acceptors (Lipinski definition) is 1. The predicted octanol–water partition coefficient (Wildman–Crippen LogP) is 3.31. The monoisotopic (exact) mass is 244 g/mol. The normalized spacial score (nSPS) is 10.3. The molecule has 2 aromatic carbocycles. The Bertz CT molecular complexity index is 550. The molecule has 1 N–H and O–H groups in total. The van der Waals surface area contributed by atoms with Crippen molar-refractivity contribution in [2.45, 2.75) is 12.8 Å². The van der Waals surface area contributed by atoms with Crippen molar-refractivity contribution in [2.24, 2.45) is 0 Å². The van der Waals surface area contributed by atoms with Crippen molar-refractivity contribution in [3.05, 3.63) is 71.0 Å². The lowest BCUT2D eigenvalue weighted by atomic mass is 10.00. The maximum absolute atomic E-state index is 13.1. The summed E-state index contributed by atoms with van der Waals surface area (Å²) in [5, 5.41) is 9.03. The van der Waals surface area contributed by atoms with Crippen molar-refractivity contribution in [2.75, 3.05) is 0 Å². The third-order valence-electron chi connectivity index (χ3n) is 2.82. The van der Waals surface area contributed by atoms with Crippen molar-refractivity contribution in [3.63, 3.8) is 0 Å². The van der Waals surface area contributed by atoms with E-state index in [0.717, 1.165) is 5.56 Å². The quantitative estimate of drug-likeness (QED) is 0.895. The molecule has 0 heterocycles. The lowest BCUT2D eigenvalue weighted by Gasteiger charge is -2.06. The standard InChI is InChI=1S/C15H13FO2/c16-13-8-9-14(15(17)18)12(10-13)7-6-11-4-2-1-3-5-11/h1-5,8-10H,6-7H2,(H,17,18). The smallest absolute Gasteiger partial charge is 0.335 e. The second-order valence-corrected chi connectivity index (χ2v) is 4.09. The van der Waals surface area contributed by atoms with Gasteiger partial charge in [0.1, 0.15) is 5.82 Å². The summed E-state index contributed by atoms with van der Waals surface area (Å²) in [6.45, 7) is 0. The van der Waals surface area contributed by atoms with E-state index in [1.54, 1.807) is 0 Å². The fourth-order valence-corrected chi connectivity index (χ4v) is 1.90. The average molecular weight is 244 g/mol. The van der Waals surface area contributed by atoms with Gasteiger partial charge >= 0.3 is 5.97 Å². The zero-order chi connectivity index (χ0) is 13.0. The Morgan fingerprint density at radius 1 is 1.06 bits per heavy atom. The number of benzene rings is 2. The molecule has 0 aromatic heterocycles. The highest BCUT2D eigenvalue weighted by Gasteiger charge is 2.10. The van der Waals surface area contributed by atoms with Crippen LogP contribution in [0.25, 0.3) is 0 Å². The molecule has 18 heavy (non-hydrogen) atoms. The molecule has 2 rings (SSSR count). The first kappa shape index (κ1) is 12.3.